The van der Waals surface area contributed by atoms with E-state index < -0.39 is 13.0 Å². The zero-order valence-corrected chi connectivity index (χ0v) is 9.81. The first-order chi connectivity index (χ1) is 8.66. The van der Waals surface area contributed by atoms with Crippen LogP contribution in [0.25, 0.3) is 11.0 Å². The molecular formula is C13H15F2NO2. The Bertz CT molecular complexity index is 465. The average Bonchev–Trinajstić information content (AvgIpc) is 2.78. The molecule has 0 bridgehead atoms. The van der Waals surface area contributed by atoms with Crippen LogP contribution < -0.4 is 5.73 Å². The van der Waals surface area contributed by atoms with Gasteiger partial charge in [-0.2, -0.15) is 0 Å². The molecule has 2 N–H and O–H groups in total. The van der Waals surface area contributed by atoms with Gasteiger partial charge in [-0.3, -0.25) is 0 Å². The molecule has 1 aromatic carbocycles. The minimum absolute atomic E-state index is 0.197. The topological polar surface area (TPSA) is 48.4 Å². The summed E-state index contributed by atoms with van der Waals surface area (Å²) in [6, 6.07) is 9.12. The number of halogens is 2. The Morgan fingerprint density at radius 3 is 2.78 bits per heavy atom. The molecule has 5 heteroatoms. The SMILES string of the molecule is NC(CCOCC(F)F)c1cc2ccccc2o1. The number of rotatable bonds is 6. The maximum Gasteiger partial charge on any atom is 0.261 e. The summed E-state index contributed by atoms with van der Waals surface area (Å²) in [6.07, 6.45) is -1.99. The largest absolute Gasteiger partial charge is 0.459 e. The molecule has 0 saturated carbocycles. The second kappa shape index (κ2) is 5.93. The van der Waals surface area contributed by atoms with Crippen molar-refractivity contribution in [3.05, 3.63) is 36.1 Å². The Balaban J connectivity index is 1.90. The maximum atomic E-state index is 11.8. The van der Waals surface area contributed by atoms with Gasteiger partial charge in [0.2, 0.25) is 0 Å². The molecule has 0 saturated heterocycles. The highest BCUT2D eigenvalue weighted by atomic mass is 19.3. The summed E-state index contributed by atoms with van der Waals surface area (Å²) in [6.45, 7) is -0.352. The first-order valence-electron chi connectivity index (χ1n) is 5.77. The lowest BCUT2D eigenvalue weighted by atomic mass is 10.1. The van der Waals surface area contributed by atoms with Crippen LogP contribution >= 0.6 is 0 Å². The molecule has 0 aliphatic heterocycles. The second-order valence-electron chi connectivity index (χ2n) is 4.05. The van der Waals surface area contributed by atoms with E-state index in [0.717, 1.165) is 11.0 Å². The van der Waals surface area contributed by atoms with E-state index in [9.17, 15) is 8.78 Å². The molecule has 2 aromatic rings. The van der Waals surface area contributed by atoms with Gasteiger partial charge in [0.25, 0.3) is 6.43 Å². The van der Waals surface area contributed by atoms with Crippen LogP contribution in [0.3, 0.4) is 0 Å². The molecular weight excluding hydrogens is 240 g/mol. The summed E-state index contributed by atoms with van der Waals surface area (Å²) in [5.41, 5.74) is 6.69. The Labute approximate surface area is 104 Å². The zero-order chi connectivity index (χ0) is 13.0. The van der Waals surface area contributed by atoms with Crippen molar-refractivity contribution in [2.24, 2.45) is 5.73 Å². The fourth-order valence-corrected chi connectivity index (χ4v) is 1.71. The van der Waals surface area contributed by atoms with Gasteiger partial charge in [-0.1, -0.05) is 18.2 Å². The summed E-state index contributed by atoms with van der Waals surface area (Å²) in [7, 11) is 0. The Kier molecular flexibility index (Phi) is 4.28. The van der Waals surface area contributed by atoms with Crippen molar-refractivity contribution in [2.45, 2.75) is 18.9 Å². The van der Waals surface area contributed by atoms with Crippen LogP contribution in [-0.4, -0.2) is 19.6 Å². The van der Waals surface area contributed by atoms with Crippen LogP contribution in [0.1, 0.15) is 18.2 Å². The van der Waals surface area contributed by atoms with Gasteiger partial charge in [0.15, 0.2) is 0 Å². The lowest BCUT2D eigenvalue weighted by Gasteiger charge is -2.08. The predicted molar refractivity (Wildman–Crippen MR) is 64.6 cm³/mol. The van der Waals surface area contributed by atoms with E-state index in [4.69, 9.17) is 14.9 Å². The van der Waals surface area contributed by atoms with E-state index >= 15 is 0 Å². The van der Waals surface area contributed by atoms with Crippen LogP contribution in [0.2, 0.25) is 0 Å². The smallest absolute Gasteiger partial charge is 0.261 e. The first-order valence-corrected chi connectivity index (χ1v) is 5.77. The van der Waals surface area contributed by atoms with Gasteiger partial charge in [0.05, 0.1) is 6.04 Å². The third-order valence-corrected chi connectivity index (χ3v) is 2.63. The minimum atomic E-state index is -2.44. The number of benzene rings is 1. The average molecular weight is 255 g/mol. The molecule has 2 rings (SSSR count). The molecule has 1 aromatic heterocycles. The number of hydrogen-bond acceptors (Lipinski definition) is 3. The number of nitrogens with two attached hydrogens (primary N) is 1. The Morgan fingerprint density at radius 2 is 2.06 bits per heavy atom. The highest BCUT2D eigenvalue weighted by molar-refractivity contribution is 5.77. The third-order valence-electron chi connectivity index (χ3n) is 2.63. The molecule has 1 heterocycles. The van der Waals surface area contributed by atoms with Crippen molar-refractivity contribution >= 4 is 11.0 Å². The van der Waals surface area contributed by atoms with E-state index in [1.165, 1.54) is 0 Å². The first kappa shape index (κ1) is 13.0. The van der Waals surface area contributed by atoms with Gasteiger partial charge in [-0.25, -0.2) is 8.78 Å². The summed E-state index contributed by atoms with van der Waals surface area (Å²) >= 11 is 0. The predicted octanol–water partition coefficient (Wildman–Crippen LogP) is 3.10. The molecule has 0 fully saturated rings. The number of alkyl halides is 2. The van der Waals surface area contributed by atoms with Crippen molar-refractivity contribution in [3.8, 4) is 0 Å². The number of furan rings is 1. The number of ether oxygens (including phenoxy) is 1. The molecule has 98 valence electrons. The van der Waals surface area contributed by atoms with Crippen LogP contribution in [-0.2, 0) is 4.74 Å². The molecule has 18 heavy (non-hydrogen) atoms. The van der Waals surface area contributed by atoms with Gasteiger partial charge in [-0.05, 0) is 18.6 Å². The highest BCUT2D eigenvalue weighted by Gasteiger charge is 2.12. The Hall–Kier alpha value is -1.46. The molecule has 1 unspecified atom stereocenters. The van der Waals surface area contributed by atoms with Crippen molar-refractivity contribution < 1.29 is 17.9 Å². The maximum absolute atomic E-state index is 11.8. The lowest BCUT2D eigenvalue weighted by molar-refractivity contribution is 0.0148. The molecule has 0 aliphatic carbocycles. The van der Waals surface area contributed by atoms with Gasteiger partial charge in [0, 0.05) is 12.0 Å². The summed E-state index contributed by atoms with van der Waals surface area (Å²) in [5, 5.41) is 0.983. The number of fused-ring (bicyclic) bond motifs is 1. The zero-order valence-electron chi connectivity index (χ0n) is 9.81. The van der Waals surface area contributed by atoms with E-state index in [1.54, 1.807) is 0 Å². The normalized spacial score (nSPS) is 13.3. The van der Waals surface area contributed by atoms with E-state index in [0.29, 0.717) is 12.2 Å². The molecule has 0 aliphatic rings. The van der Waals surface area contributed by atoms with Crippen molar-refractivity contribution in [3.63, 3.8) is 0 Å². The number of para-hydroxylation sites is 1. The number of hydrogen-bond donors (Lipinski definition) is 1. The third kappa shape index (κ3) is 3.27. The molecule has 0 amide bonds. The van der Waals surface area contributed by atoms with Crippen LogP contribution in [0.15, 0.2) is 34.7 Å². The van der Waals surface area contributed by atoms with E-state index in [2.05, 4.69) is 0 Å². The van der Waals surface area contributed by atoms with Crippen LogP contribution in [0, 0.1) is 0 Å². The summed E-state index contributed by atoms with van der Waals surface area (Å²) in [4.78, 5) is 0. The highest BCUT2D eigenvalue weighted by Crippen LogP contribution is 2.24. The van der Waals surface area contributed by atoms with Crippen LogP contribution in [0.4, 0.5) is 8.78 Å². The van der Waals surface area contributed by atoms with Gasteiger partial charge < -0.3 is 14.9 Å². The lowest BCUT2D eigenvalue weighted by Crippen LogP contribution is -2.14. The van der Waals surface area contributed by atoms with Crippen molar-refractivity contribution in [2.75, 3.05) is 13.2 Å². The fraction of sp³-hybridized carbons (Fsp3) is 0.385. The summed E-state index contributed by atoms with van der Waals surface area (Å²) < 4.78 is 34.1. The molecule has 0 spiro atoms. The monoisotopic (exact) mass is 255 g/mol. The van der Waals surface area contributed by atoms with Gasteiger partial charge >= 0.3 is 0 Å². The molecule has 3 nitrogen and oxygen atoms in total. The summed E-state index contributed by atoms with van der Waals surface area (Å²) in [5.74, 6) is 0.650. The molecule has 0 radical (unpaired) electrons. The standard InChI is InChI=1S/C13H15F2NO2/c14-13(15)8-17-6-5-10(16)12-7-9-3-1-2-4-11(9)18-12/h1-4,7,10,13H,5-6,8,16H2. The second-order valence-corrected chi connectivity index (χ2v) is 4.05. The van der Waals surface area contributed by atoms with Crippen molar-refractivity contribution in [1.82, 2.24) is 0 Å². The van der Waals surface area contributed by atoms with Crippen LogP contribution in [0.5, 0.6) is 0 Å². The van der Waals surface area contributed by atoms with E-state index in [-0.39, 0.29) is 12.6 Å². The minimum Gasteiger partial charge on any atom is -0.459 e. The molecule has 1 atom stereocenters. The fourth-order valence-electron chi connectivity index (χ4n) is 1.71. The quantitative estimate of drug-likeness (QED) is 0.807. The van der Waals surface area contributed by atoms with E-state index in [1.807, 2.05) is 30.3 Å². The Morgan fingerprint density at radius 1 is 1.28 bits per heavy atom. The van der Waals surface area contributed by atoms with Gasteiger partial charge in [-0.15, -0.1) is 0 Å². The van der Waals surface area contributed by atoms with Gasteiger partial charge in [0.1, 0.15) is 18.0 Å². The van der Waals surface area contributed by atoms with Crippen molar-refractivity contribution in [1.29, 1.82) is 0 Å².